The number of hydrogen-bond donors (Lipinski definition) is 0. The minimum Gasteiger partial charge on any atom is -0.493 e. The summed E-state index contributed by atoms with van der Waals surface area (Å²) >= 11 is 1.72. The van der Waals surface area contributed by atoms with E-state index in [2.05, 4.69) is 6.92 Å². The lowest BCUT2D eigenvalue weighted by Crippen LogP contribution is -2.37. The fourth-order valence-electron chi connectivity index (χ4n) is 4.84. The zero-order valence-electron chi connectivity index (χ0n) is 21.1. The topological polar surface area (TPSA) is 74.2 Å². The van der Waals surface area contributed by atoms with Crippen LogP contribution in [0.4, 0.5) is 0 Å². The summed E-state index contributed by atoms with van der Waals surface area (Å²) < 4.78 is 17.4. The Hall–Kier alpha value is -3.06. The van der Waals surface area contributed by atoms with Crippen LogP contribution in [0.5, 0.6) is 11.5 Å². The molecule has 6 nitrogen and oxygen atoms in total. The van der Waals surface area contributed by atoms with Crippen molar-refractivity contribution in [1.29, 1.82) is 0 Å². The Morgan fingerprint density at radius 1 is 1.11 bits per heavy atom. The molecule has 2 aliphatic rings. The van der Waals surface area contributed by atoms with Gasteiger partial charge in [0.2, 0.25) is 0 Å². The fraction of sp³-hybridized carbons (Fsp3) is 0.414. The third-order valence-corrected chi connectivity index (χ3v) is 7.41. The molecule has 190 valence electrons. The predicted octanol–water partition coefficient (Wildman–Crippen LogP) is 5.75. The number of carbonyl (C=O) groups excluding carboxylic acids is 2. The first-order valence-corrected chi connectivity index (χ1v) is 13.6. The number of methoxy groups -OCH3 is 1. The van der Waals surface area contributed by atoms with E-state index in [4.69, 9.17) is 19.2 Å². The molecule has 7 heteroatoms. The molecule has 2 aromatic rings. The number of rotatable bonds is 10. The largest absolute Gasteiger partial charge is 0.493 e. The maximum absolute atomic E-state index is 13.3. The molecule has 0 aromatic heterocycles. The lowest BCUT2D eigenvalue weighted by atomic mass is 9.71. The quantitative estimate of drug-likeness (QED) is 0.301. The zero-order chi connectivity index (χ0) is 25.5. The van der Waals surface area contributed by atoms with Gasteiger partial charge < -0.3 is 14.2 Å². The number of Topliss-reactive ketones (excluding diaryl/α,β-unsaturated/α-hetero) is 1. The summed E-state index contributed by atoms with van der Waals surface area (Å²) in [6, 6.07) is 15.6. The second kappa shape index (κ2) is 12.3. The van der Waals surface area contributed by atoms with Crippen LogP contribution in [0.15, 0.2) is 64.8 Å². The van der Waals surface area contributed by atoms with Gasteiger partial charge in [0.05, 0.1) is 7.11 Å². The first-order chi connectivity index (χ1) is 17.5. The number of aliphatic imine (C=N–C) groups is 1. The minimum atomic E-state index is -0.654. The molecule has 4 rings (SSSR count). The number of hydrogen-bond acceptors (Lipinski definition) is 7. The smallest absolute Gasteiger partial charge is 0.315 e. The van der Waals surface area contributed by atoms with E-state index < -0.39 is 11.8 Å². The highest BCUT2D eigenvalue weighted by Crippen LogP contribution is 2.45. The van der Waals surface area contributed by atoms with E-state index in [-0.39, 0.29) is 11.8 Å². The third kappa shape index (κ3) is 5.84. The van der Waals surface area contributed by atoms with Crippen LogP contribution >= 0.6 is 11.8 Å². The molecular formula is C29H33NO5S. The van der Waals surface area contributed by atoms with Crippen molar-refractivity contribution in [2.75, 3.05) is 25.2 Å². The molecule has 2 aromatic carbocycles. The van der Waals surface area contributed by atoms with Gasteiger partial charge in [-0.2, -0.15) is 11.8 Å². The standard InChI is InChI=1S/C29H33NO5S/c1-4-36-16-15-34-29(32)26-19(2)30-22-11-8-12-23(31)28(22)27(26)21-13-14-24(25(17-21)33-3)35-18-20-9-6-5-7-10-20/h5-7,9-10,13-14,17,26-27H,4,8,11-12,15-16,18H2,1-3H3/t26?,27-/m0/s1. The van der Waals surface area contributed by atoms with E-state index in [0.717, 1.165) is 41.2 Å². The van der Waals surface area contributed by atoms with Crippen LogP contribution in [0.1, 0.15) is 50.2 Å². The van der Waals surface area contributed by atoms with E-state index in [1.54, 1.807) is 18.9 Å². The number of ketones is 1. The van der Waals surface area contributed by atoms with E-state index in [9.17, 15) is 9.59 Å². The first kappa shape index (κ1) is 26.0. The van der Waals surface area contributed by atoms with E-state index >= 15 is 0 Å². The van der Waals surface area contributed by atoms with Gasteiger partial charge in [-0.15, -0.1) is 0 Å². The van der Waals surface area contributed by atoms with Crippen molar-refractivity contribution in [3.8, 4) is 11.5 Å². The zero-order valence-corrected chi connectivity index (χ0v) is 21.9. The van der Waals surface area contributed by atoms with Crippen molar-refractivity contribution in [2.45, 2.75) is 45.6 Å². The van der Waals surface area contributed by atoms with Gasteiger partial charge in [-0.05, 0) is 48.8 Å². The van der Waals surface area contributed by atoms with Crippen LogP contribution < -0.4 is 9.47 Å². The Morgan fingerprint density at radius 2 is 1.92 bits per heavy atom. The van der Waals surface area contributed by atoms with E-state index in [1.165, 1.54) is 0 Å². The van der Waals surface area contributed by atoms with Crippen LogP contribution in [0.3, 0.4) is 0 Å². The highest BCUT2D eigenvalue weighted by molar-refractivity contribution is 7.99. The maximum Gasteiger partial charge on any atom is 0.315 e. The number of ether oxygens (including phenoxy) is 3. The van der Waals surface area contributed by atoms with Crippen LogP contribution in [0.25, 0.3) is 0 Å². The molecule has 0 spiro atoms. The molecule has 0 radical (unpaired) electrons. The van der Waals surface area contributed by atoms with Gasteiger partial charge in [0.15, 0.2) is 17.3 Å². The van der Waals surface area contributed by atoms with Crippen LogP contribution in [-0.2, 0) is 20.9 Å². The van der Waals surface area contributed by atoms with Gasteiger partial charge >= 0.3 is 5.97 Å². The summed E-state index contributed by atoms with van der Waals surface area (Å²) in [6.45, 7) is 4.68. The van der Waals surface area contributed by atoms with Gasteiger partial charge in [-0.25, -0.2) is 0 Å². The number of allylic oxidation sites excluding steroid dienone is 2. The van der Waals surface area contributed by atoms with E-state index in [0.29, 0.717) is 42.4 Å². The van der Waals surface area contributed by atoms with Crippen molar-refractivity contribution < 1.29 is 23.8 Å². The number of thioether (sulfide) groups is 1. The van der Waals surface area contributed by atoms with Crippen molar-refractivity contribution in [3.05, 3.63) is 70.9 Å². The lowest BCUT2D eigenvalue weighted by Gasteiger charge is -2.34. The van der Waals surface area contributed by atoms with Crippen LogP contribution in [-0.4, -0.2) is 42.7 Å². The predicted molar refractivity (Wildman–Crippen MR) is 143 cm³/mol. The molecule has 1 heterocycles. The maximum atomic E-state index is 13.3. The molecule has 1 aliphatic carbocycles. The third-order valence-electron chi connectivity index (χ3n) is 6.55. The molecule has 2 atom stereocenters. The molecule has 0 bridgehead atoms. The summed E-state index contributed by atoms with van der Waals surface area (Å²) in [5, 5.41) is 0. The Morgan fingerprint density at radius 3 is 2.67 bits per heavy atom. The molecule has 0 amide bonds. The number of esters is 1. The van der Waals surface area contributed by atoms with Gasteiger partial charge in [0.25, 0.3) is 0 Å². The molecule has 0 saturated carbocycles. The summed E-state index contributed by atoms with van der Waals surface area (Å²) in [7, 11) is 1.59. The highest BCUT2D eigenvalue weighted by atomic mass is 32.2. The first-order valence-electron chi connectivity index (χ1n) is 12.4. The Bertz CT molecular complexity index is 1160. The monoisotopic (exact) mass is 507 g/mol. The average molecular weight is 508 g/mol. The molecular weight excluding hydrogens is 474 g/mol. The second-order valence-electron chi connectivity index (χ2n) is 8.89. The highest BCUT2D eigenvalue weighted by Gasteiger charge is 2.43. The lowest BCUT2D eigenvalue weighted by molar-refractivity contribution is -0.145. The van der Waals surface area contributed by atoms with Crippen molar-refractivity contribution >= 4 is 29.2 Å². The van der Waals surface area contributed by atoms with Crippen molar-refractivity contribution in [3.63, 3.8) is 0 Å². The number of benzene rings is 2. The second-order valence-corrected chi connectivity index (χ2v) is 10.3. The molecule has 0 saturated heterocycles. The Kier molecular flexibility index (Phi) is 8.86. The van der Waals surface area contributed by atoms with Gasteiger partial charge in [0, 0.05) is 35.1 Å². The molecule has 1 unspecified atom stereocenters. The number of nitrogens with zero attached hydrogens (tertiary/aromatic N) is 1. The molecule has 0 N–H and O–H groups in total. The summed E-state index contributed by atoms with van der Waals surface area (Å²) in [6.07, 6.45) is 1.98. The molecule has 0 fully saturated rings. The summed E-state index contributed by atoms with van der Waals surface area (Å²) in [4.78, 5) is 31.2. The Balaban J connectivity index is 1.66. The van der Waals surface area contributed by atoms with E-state index in [1.807, 2.05) is 55.5 Å². The van der Waals surface area contributed by atoms with Crippen molar-refractivity contribution in [2.24, 2.45) is 10.9 Å². The number of carbonyl (C=O) groups is 2. The summed E-state index contributed by atoms with van der Waals surface area (Å²) in [5.41, 5.74) is 3.99. The van der Waals surface area contributed by atoms with Gasteiger partial charge in [-0.1, -0.05) is 43.3 Å². The van der Waals surface area contributed by atoms with Gasteiger partial charge in [-0.3, -0.25) is 14.6 Å². The normalized spacial score (nSPS) is 19.4. The minimum absolute atomic E-state index is 0.0557. The Labute approximate surface area is 217 Å². The van der Waals surface area contributed by atoms with Crippen LogP contribution in [0.2, 0.25) is 0 Å². The molecule has 36 heavy (non-hydrogen) atoms. The fourth-order valence-corrected chi connectivity index (χ4v) is 5.33. The van der Waals surface area contributed by atoms with Crippen molar-refractivity contribution in [1.82, 2.24) is 0 Å². The molecule has 1 aliphatic heterocycles. The summed E-state index contributed by atoms with van der Waals surface area (Å²) in [5.74, 6) is 1.46. The average Bonchev–Trinajstić information content (AvgIpc) is 2.89. The van der Waals surface area contributed by atoms with Gasteiger partial charge in [0.1, 0.15) is 19.1 Å². The van der Waals surface area contributed by atoms with Crippen LogP contribution in [0, 0.1) is 5.92 Å². The SMILES string of the molecule is CCSCCOC(=O)C1C(C)=NC2=C(C(=O)CCC2)[C@H]1c1ccc(OCc2ccccc2)c(OC)c1.